The van der Waals surface area contributed by atoms with Gasteiger partial charge in [0.2, 0.25) is 5.24 Å². The number of allylic oxidation sites excluding steroid dienone is 1. The van der Waals surface area contributed by atoms with Crippen LogP contribution in [-0.2, 0) is 4.79 Å². The number of carbonyl (C=O) groups excluding carboxylic acids is 1. The van der Waals surface area contributed by atoms with Gasteiger partial charge in [0.1, 0.15) is 0 Å². The number of hydrogen-bond donors (Lipinski definition) is 0. The molecule has 0 aromatic heterocycles. The molecule has 40 valence electrons. The van der Waals surface area contributed by atoms with E-state index in [4.69, 9.17) is 23.2 Å². The van der Waals surface area contributed by atoms with Crippen molar-refractivity contribution in [2.24, 2.45) is 0 Å². The molecule has 0 spiro atoms. The summed E-state index contributed by atoms with van der Waals surface area (Å²) >= 11 is 12.8. The van der Waals surface area contributed by atoms with E-state index in [-0.39, 0.29) is 3.94 Å². The minimum absolute atomic E-state index is 0.215. The van der Waals surface area contributed by atoms with Crippen LogP contribution in [0.4, 0.5) is 0 Å². The summed E-state index contributed by atoms with van der Waals surface area (Å²) in [6.45, 7) is 0. The third-order valence-electron chi connectivity index (χ3n) is 0.223. The van der Waals surface area contributed by atoms with E-state index in [9.17, 15) is 4.79 Å². The quantitative estimate of drug-likeness (QED) is 0.472. The number of halogens is 3. The molecule has 0 aromatic rings. The molecule has 0 aliphatic carbocycles. The molecule has 0 aliphatic rings. The zero-order valence-corrected chi connectivity index (χ0v) is 6.22. The van der Waals surface area contributed by atoms with Gasteiger partial charge in [-0.25, -0.2) is 0 Å². The monoisotopic (exact) mass is 202 g/mol. The minimum atomic E-state index is -0.582. The maximum atomic E-state index is 9.83. The van der Waals surface area contributed by atoms with Gasteiger partial charge in [0.25, 0.3) is 0 Å². The number of carbonyl (C=O) groups is 1. The van der Waals surface area contributed by atoms with Crippen molar-refractivity contribution in [1.29, 1.82) is 0 Å². The molecule has 1 nitrogen and oxygen atoms in total. The molecule has 0 N–H and O–H groups in total. The highest BCUT2D eigenvalue weighted by molar-refractivity contribution is 9.12. The smallest absolute Gasteiger partial charge is 0.247 e. The maximum Gasteiger partial charge on any atom is 0.247 e. The number of rotatable bonds is 1. The van der Waals surface area contributed by atoms with E-state index in [1.54, 1.807) is 0 Å². The Balaban J connectivity index is 3.68. The normalized spacial score (nSPS) is 11.6. The topological polar surface area (TPSA) is 17.1 Å². The summed E-state index contributed by atoms with van der Waals surface area (Å²) in [6.07, 6.45) is 1.06. The lowest BCUT2D eigenvalue weighted by atomic mass is 10.7. The lowest BCUT2D eigenvalue weighted by Gasteiger charge is -1.73. The molecule has 0 saturated heterocycles. The molecule has 0 radical (unpaired) electrons. The molecule has 0 atom stereocenters. The second kappa shape index (κ2) is 3.47. The molecule has 0 saturated carbocycles. The Morgan fingerprint density at radius 1 is 1.57 bits per heavy atom. The SMILES string of the molecule is O=C(Cl)C=C(Cl)Br. The van der Waals surface area contributed by atoms with Crippen molar-refractivity contribution in [1.82, 2.24) is 0 Å². The van der Waals surface area contributed by atoms with Gasteiger partial charge in [-0.1, -0.05) is 11.6 Å². The van der Waals surface area contributed by atoms with Crippen molar-refractivity contribution < 1.29 is 4.79 Å². The lowest BCUT2D eigenvalue weighted by molar-refractivity contribution is -0.107. The summed E-state index contributed by atoms with van der Waals surface area (Å²) in [5.74, 6) is 0. The van der Waals surface area contributed by atoms with Crippen LogP contribution in [-0.4, -0.2) is 5.24 Å². The average molecular weight is 204 g/mol. The van der Waals surface area contributed by atoms with Gasteiger partial charge in [-0.15, -0.1) is 0 Å². The first-order valence-corrected chi connectivity index (χ1v) is 2.90. The van der Waals surface area contributed by atoms with E-state index in [1.165, 1.54) is 0 Å². The zero-order valence-electron chi connectivity index (χ0n) is 3.12. The maximum absolute atomic E-state index is 9.83. The molecule has 0 bridgehead atoms. The molecule has 4 heteroatoms. The van der Waals surface area contributed by atoms with Gasteiger partial charge in [-0.2, -0.15) is 0 Å². The molecule has 0 amide bonds. The molecular formula is C3HBrCl2O. The molecule has 0 fully saturated rings. The first-order chi connectivity index (χ1) is 3.13. The zero-order chi connectivity index (χ0) is 5.86. The Labute approximate surface area is 59.4 Å². The summed E-state index contributed by atoms with van der Waals surface area (Å²) < 4.78 is 0.215. The first kappa shape index (κ1) is 7.47. The van der Waals surface area contributed by atoms with E-state index in [0.29, 0.717) is 0 Å². The Bertz CT molecular complexity index is 106. The summed E-state index contributed by atoms with van der Waals surface area (Å²) in [7, 11) is 0. The van der Waals surface area contributed by atoms with E-state index in [2.05, 4.69) is 15.9 Å². The highest BCUT2D eigenvalue weighted by Crippen LogP contribution is 2.09. The van der Waals surface area contributed by atoms with Gasteiger partial charge < -0.3 is 0 Å². The second-order valence-corrected chi connectivity index (χ2v) is 2.83. The Morgan fingerprint density at radius 2 is 2.00 bits per heavy atom. The fraction of sp³-hybridized carbons (Fsp3) is 0. The van der Waals surface area contributed by atoms with E-state index < -0.39 is 5.24 Å². The van der Waals surface area contributed by atoms with Crippen molar-refractivity contribution in [3.63, 3.8) is 0 Å². The van der Waals surface area contributed by atoms with Crippen LogP contribution in [0.5, 0.6) is 0 Å². The molecule has 7 heavy (non-hydrogen) atoms. The Kier molecular flexibility index (Phi) is 3.70. The van der Waals surface area contributed by atoms with Gasteiger partial charge in [-0.05, 0) is 27.5 Å². The molecule has 0 rings (SSSR count). The molecule has 0 aromatic carbocycles. The fourth-order valence-corrected chi connectivity index (χ4v) is 0.690. The first-order valence-electron chi connectivity index (χ1n) is 1.35. The molecule has 0 heterocycles. The predicted octanol–water partition coefficient (Wildman–Crippen LogP) is 2.23. The van der Waals surface area contributed by atoms with Crippen LogP contribution >= 0.6 is 39.1 Å². The van der Waals surface area contributed by atoms with Crippen molar-refractivity contribution in [3.05, 3.63) is 10.0 Å². The fourth-order valence-electron chi connectivity index (χ4n) is 0.0858. The Hall–Kier alpha value is 0.470. The highest BCUT2D eigenvalue weighted by atomic mass is 79.9. The standard InChI is InChI=1S/C3HBrCl2O/c4-2(5)1-3(6)7/h1H. The van der Waals surface area contributed by atoms with Crippen molar-refractivity contribution in [2.75, 3.05) is 0 Å². The van der Waals surface area contributed by atoms with Crippen molar-refractivity contribution in [2.45, 2.75) is 0 Å². The largest absolute Gasteiger partial charge is 0.276 e. The third-order valence-corrected chi connectivity index (χ3v) is 0.670. The van der Waals surface area contributed by atoms with Crippen LogP contribution in [0.1, 0.15) is 0 Å². The predicted molar refractivity (Wildman–Crippen MR) is 33.7 cm³/mol. The molecule has 0 unspecified atom stereocenters. The van der Waals surface area contributed by atoms with E-state index >= 15 is 0 Å². The van der Waals surface area contributed by atoms with Crippen LogP contribution in [0.3, 0.4) is 0 Å². The van der Waals surface area contributed by atoms with Crippen LogP contribution in [0, 0.1) is 0 Å². The number of hydrogen-bond acceptors (Lipinski definition) is 1. The van der Waals surface area contributed by atoms with Gasteiger partial charge in [0, 0.05) is 6.08 Å². The Morgan fingerprint density at radius 3 is 2.00 bits per heavy atom. The lowest BCUT2D eigenvalue weighted by Crippen LogP contribution is -1.72. The minimum Gasteiger partial charge on any atom is -0.276 e. The van der Waals surface area contributed by atoms with Crippen LogP contribution < -0.4 is 0 Å². The van der Waals surface area contributed by atoms with Gasteiger partial charge in [0.05, 0.1) is 3.94 Å². The van der Waals surface area contributed by atoms with Gasteiger partial charge in [0.15, 0.2) is 0 Å². The van der Waals surface area contributed by atoms with Gasteiger partial charge in [-0.3, -0.25) is 4.79 Å². The van der Waals surface area contributed by atoms with Gasteiger partial charge >= 0.3 is 0 Å². The molecular weight excluding hydrogens is 203 g/mol. The molecule has 0 aliphatic heterocycles. The van der Waals surface area contributed by atoms with Crippen LogP contribution in [0.25, 0.3) is 0 Å². The summed E-state index contributed by atoms with van der Waals surface area (Å²) in [5, 5.41) is -0.582. The van der Waals surface area contributed by atoms with E-state index in [1.807, 2.05) is 0 Å². The van der Waals surface area contributed by atoms with Crippen LogP contribution in [0.15, 0.2) is 10.0 Å². The average Bonchev–Trinajstić information content (AvgIpc) is 1.27. The second-order valence-electron chi connectivity index (χ2n) is 0.738. The summed E-state index contributed by atoms with van der Waals surface area (Å²) in [5.41, 5.74) is 0. The van der Waals surface area contributed by atoms with Crippen molar-refractivity contribution in [3.8, 4) is 0 Å². The summed E-state index contributed by atoms with van der Waals surface area (Å²) in [4.78, 5) is 9.83. The van der Waals surface area contributed by atoms with Crippen LogP contribution in [0.2, 0.25) is 0 Å². The third kappa shape index (κ3) is 6.47. The summed E-state index contributed by atoms with van der Waals surface area (Å²) in [6, 6.07) is 0. The van der Waals surface area contributed by atoms with Crippen molar-refractivity contribution >= 4 is 44.4 Å². The van der Waals surface area contributed by atoms with E-state index in [0.717, 1.165) is 6.08 Å². The highest BCUT2D eigenvalue weighted by Gasteiger charge is 1.87.